The molecule has 1 aromatic heterocycles. The fraction of sp³-hybridized carbons (Fsp3) is 0.250. The molecule has 0 aliphatic heterocycles. The summed E-state index contributed by atoms with van der Waals surface area (Å²) in [6.45, 7) is 0. The highest BCUT2D eigenvalue weighted by atomic mass is 19.4. The zero-order valence-electron chi connectivity index (χ0n) is 8.67. The number of halogens is 10. The summed E-state index contributed by atoms with van der Waals surface area (Å²) in [7, 11) is 0. The highest BCUT2D eigenvalue weighted by molar-refractivity contribution is 5.72. The van der Waals surface area contributed by atoms with Gasteiger partial charge in [-0.25, -0.2) is 8.78 Å². The van der Waals surface area contributed by atoms with Gasteiger partial charge in [0.2, 0.25) is 11.8 Å². The Bertz CT molecular complexity index is 556. The summed E-state index contributed by atoms with van der Waals surface area (Å²) in [6.07, 6.45) is -12.3. The van der Waals surface area contributed by atoms with Crippen molar-refractivity contribution in [1.82, 2.24) is 10.2 Å². The molecule has 2 nitrogen and oxygen atoms in total. The second-order valence-corrected chi connectivity index (χ2v) is 3.16. The van der Waals surface area contributed by atoms with Gasteiger partial charge >= 0.3 is 12.4 Å². The zero-order valence-corrected chi connectivity index (χ0v) is 8.67. The minimum Gasteiger partial charge on any atom is -0.201 e. The van der Waals surface area contributed by atoms with E-state index < -0.39 is 47.0 Å². The van der Waals surface area contributed by atoms with Crippen molar-refractivity contribution in [2.45, 2.75) is 12.4 Å². The molecule has 1 aromatic rings. The number of alkyl halides is 6. The van der Waals surface area contributed by atoms with Crippen molar-refractivity contribution in [2.75, 3.05) is 0 Å². The first-order valence-corrected chi connectivity index (χ1v) is 4.29. The van der Waals surface area contributed by atoms with Crippen molar-refractivity contribution < 1.29 is 43.9 Å². The third kappa shape index (κ3) is 2.99. The Morgan fingerprint density at radius 3 is 1.60 bits per heavy atom. The molecule has 1 heterocycles. The number of allylic oxidation sites excluding steroid dienone is 2. The average molecular weight is 314 g/mol. The van der Waals surface area contributed by atoms with Crippen molar-refractivity contribution in [3.05, 3.63) is 29.1 Å². The van der Waals surface area contributed by atoms with E-state index in [-0.39, 0.29) is 0 Å². The van der Waals surface area contributed by atoms with Gasteiger partial charge in [-0.05, 0) is 0 Å². The van der Waals surface area contributed by atoms with Gasteiger partial charge in [-0.1, -0.05) is 0 Å². The van der Waals surface area contributed by atoms with Gasteiger partial charge in [0.15, 0.2) is 5.82 Å². The number of hydrogen-bond acceptors (Lipinski definition) is 2. The predicted octanol–water partition coefficient (Wildman–Crippen LogP) is 3.70. The molecule has 0 saturated carbocycles. The summed E-state index contributed by atoms with van der Waals surface area (Å²) in [5.41, 5.74) is -6.01. The Hall–Kier alpha value is -1.88. The number of nitrogens with zero attached hydrogens (tertiary/aromatic N) is 2. The minimum atomic E-state index is -6.19. The summed E-state index contributed by atoms with van der Waals surface area (Å²) < 4.78 is 124. The smallest absolute Gasteiger partial charge is 0.201 e. The van der Waals surface area contributed by atoms with Crippen LogP contribution in [0.1, 0.15) is 5.56 Å². The van der Waals surface area contributed by atoms with E-state index in [2.05, 4.69) is 5.10 Å². The van der Waals surface area contributed by atoms with Crippen LogP contribution >= 0.6 is 0 Å². The number of hydrogen-bond donors (Lipinski definition) is 0. The second-order valence-electron chi connectivity index (χ2n) is 3.16. The molecular weight excluding hydrogens is 314 g/mol. The van der Waals surface area contributed by atoms with Crippen LogP contribution in [0.4, 0.5) is 43.9 Å². The summed E-state index contributed by atoms with van der Waals surface area (Å²) in [5, 5.41) is 4.10. The lowest BCUT2D eigenvalue weighted by molar-refractivity contribution is -0.116. The van der Waals surface area contributed by atoms with Crippen molar-refractivity contribution in [3.63, 3.8) is 0 Å². The zero-order chi connectivity index (χ0) is 15.9. The van der Waals surface area contributed by atoms with Crippen LogP contribution in [0.3, 0.4) is 0 Å². The summed E-state index contributed by atoms with van der Waals surface area (Å²) >= 11 is 0. The topological polar surface area (TPSA) is 25.8 Å². The minimum absolute atomic E-state index is 2.04. The molecule has 0 N–H and O–H groups in total. The van der Waals surface area contributed by atoms with Crippen molar-refractivity contribution in [1.29, 1.82) is 0 Å². The van der Waals surface area contributed by atoms with Crippen LogP contribution in [-0.4, -0.2) is 22.5 Å². The molecule has 0 spiro atoms. The largest absolute Gasteiger partial charge is 0.443 e. The third-order valence-corrected chi connectivity index (χ3v) is 1.83. The maximum absolute atomic E-state index is 13.0. The van der Waals surface area contributed by atoms with Crippen LogP contribution in [0.2, 0.25) is 0 Å². The second kappa shape index (κ2) is 4.90. The van der Waals surface area contributed by atoms with Crippen molar-refractivity contribution >= 4 is 5.57 Å². The highest BCUT2D eigenvalue weighted by Gasteiger charge is 2.49. The molecule has 0 fully saturated rings. The van der Waals surface area contributed by atoms with E-state index >= 15 is 0 Å². The average Bonchev–Trinajstić information content (AvgIpc) is 2.26. The van der Waals surface area contributed by atoms with Crippen LogP contribution in [0.15, 0.2) is 5.83 Å². The highest BCUT2D eigenvalue weighted by Crippen LogP contribution is 2.43. The Kier molecular flexibility index (Phi) is 3.97. The van der Waals surface area contributed by atoms with E-state index in [1.165, 1.54) is 0 Å². The number of aromatic nitrogens is 2. The Morgan fingerprint density at radius 2 is 1.20 bits per heavy atom. The van der Waals surface area contributed by atoms with E-state index in [1.54, 1.807) is 0 Å². The molecule has 20 heavy (non-hydrogen) atoms. The Labute approximate surface area is 102 Å². The van der Waals surface area contributed by atoms with E-state index in [0.717, 1.165) is 0 Å². The van der Waals surface area contributed by atoms with Crippen LogP contribution in [0.25, 0.3) is 5.57 Å². The molecule has 0 aromatic carbocycles. The summed E-state index contributed by atoms with van der Waals surface area (Å²) in [5.74, 6) is -11.5. The van der Waals surface area contributed by atoms with Gasteiger partial charge in [-0.3, -0.25) is 0 Å². The fourth-order valence-corrected chi connectivity index (χ4v) is 1.11. The first-order valence-electron chi connectivity index (χ1n) is 4.29. The molecule has 112 valence electrons. The lowest BCUT2D eigenvalue weighted by atomic mass is 10.1. The molecule has 0 unspecified atom stereocenters. The van der Waals surface area contributed by atoms with E-state index in [4.69, 9.17) is 0 Å². The molecule has 1 rings (SSSR count). The fourth-order valence-electron chi connectivity index (χ4n) is 1.11. The van der Waals surface area contributed by atoms with Crippen molar-refractivity contribution in [2.24, 2.45) is 0 Å². The molecule has 0 aliphatic carbocycles. The lowest BCUT2D eigenvalue weighted by Crippen LogP contribution is -2.22. The first-order chi connectivity index (χ1) is 8.87. The van der Waals surface area contributed by atoms with Crippen molar-refractivity contribution in [3.8, 4) is 0 Å². The van der Waals surface area contributed by atoms with Crippen LogP contribution in [0, 0.1) is 17.7 Å². The van der Waals surface area contributed by atoms with Crippen LogP contribution in [0.5, 0.6) is 0 Å². The molecular formula is C8F10N2. The van der Waals surface area contributed by atoms with Gasteiger partial charge in [0, 0.05) is 0 Å². The molecule has 0 aliphatic rings. The van der Waals surface area contributed by atoms with Gasteiger partial charge in [0.25, 0.3) is 5.95 Å². The number of rotatable bonds is 1. The molecule has 0 radical (unpaired) electrons. The van der Waals surface area contributed by atoms with Gasteiger partial charge in [-0.15, -0.1) is 10.2 Å². The lowest BCUT2D eigenvalue weighted by Gasteiger charge is -2.15. The Morgan fingerprint density at radius 1 is 0.750 bits per heavy atom. The molecule has 0 bridgehead atoms. The standard InChI is InChI=1S/C8F10N2/c9-3-1(5(11)19-20-6(3)12)2(7(13,14)15)4(10)8(16,17)18/b4-2-. The third-order valence-electron chi connectivity index (χ3n) is 1.83. The maximum atomic E-state index is 13.0. The molecule has 0 atom stereocenters. The van der Waals surface area contributed by atoms with E-state index in [0.29, 0.717) is 0 Å². The normalized spacial score (nSPS) is 14.3. The van der Waals surface area contributed by atoms with E-state index in [9.17, 15) is 43.9 Å². The quantitative estimate of drug-likeness (QED) is 0.739. The predicted molar refractivity (Wildman–Crippen MR) is 42.0 cm³/mol. The maximum Gasteiger partial charge on any atom is 0.443 e. The first kappa shape index (κ1) is 16.2. The van der Waals surface area contributed by atoms with Crippen LogP contribution in [-0.2, 0) is 0 Å². The summed E-state index contributed by atoms with van der Waals surface area (Å²) in [6, 6.07) is 0. The summed E-state index contributed by atoms with van der Waals surface area (Å²) in [4.78, 5) is 0. The van der Waals surface area contributed by atoms with Gasteiger partial charge in [0.05, 0.1) is 5.56 Å². The SMILES string of the molecule is F/C(=C(/c1c(F)nnc(F)c1F)C(F)(F)F)C(F)(F)F. The van der Waals surface area contributed by atoms with E-state index in [1.807, 2.05) is 5.10 Å². The monoisotopic (exact) mass is 314 g/mol. The Balaban J connectivity index is 3.80. The van der Waals surface area contributed by atoms with Gasteiger partial charge in [0.1, 0.15) is 5.57 Å². The molecule has 0 amide bonds. The van der Waals surface area contributed by atoms with Gasteiger partial charge in [-0.2, -0.15) is 35.1 Å². The molecule has 12 heteroatoms. The van der Waals surface area contributed by atoms with Gasteiger partial charge < -0.3 is 0 Å². The van der Waals surface area contributed by atoms with Crippen LogP contribution < -0.4 is 0 Å². The molecule has 0 saturated heterocycles.